The van der Waals surface area contributed by atoms with Gasteiger partial charge in [0.1, 0.15) is 0 Å². The number of hydrogen-bond acceptors (Lipinski definition) is 1. The van der Waals surface area contributed by atoms with E-state index in [-0.39, 0.29) is 5.41 Å². The zero-order valence-corrected chi connectivity index (χ0v) is 11.9. The molecule has 1 heterocycles. The predicted octanol–water partition coefficient (Wildman–Crippen LogP) is 3.70. The van der Waals surface area contributed by atoms with E-state index in [1.165, 1.54) is 17.8 Å². The third-order valence-corrected chi connectivity index (χ3v) is 2.88. The molecule has 0 bridgehead atoms. The van der Waals surface area contributed by atoms with Crippen LogP contribution in [0.15, 0.2) is 6.07 Å². The van der Waals surface area contributed by atoms with Crippen LogP contribution in [0.3, 0.4) is 0 Å². The lowest BCUT2D eigenvalue weighted by molar-refractivity contribution is 0.373. The molecule has 2 nitrogen and oxygen atoms in total. The number of nitrogens with zero attached hydrogens (tertiary/aromatic N) is 2. The maximum atomic E-state index is 4.60. The van der Waals surface area contributed by atoms with Crippen molar-refractivity contribution in [1.82, 2.24) is 9.78 Å². The Morgan fingerprint density at radius 2 is 1.69 bits per heavy atom. The number of rotatable bonds is 2. The molecular weight excluding hydrogens is 196 g/mol. The first-order valence-corrected chi connectivity index (χ1v) is 6.13. The maximum Gasteiger partial charge on any atom is 0.0680 e. The monoisotopic (exact) mass is 222 g/mol. The lowest BCUT2D eigenvalue weighted by Crippen LogP contribution is -2.12. The van der Waals surface area contributed by atoms with E-state index in [2.05, 4.69) is 52.7 Å². The molecule has 0 aromatic carbocycles. The summed E-state index contributed by atoms with van der Waals surface area (Å²) in [6, 6.07) is 2.26. The fourth-order valence-electron chi connectivity index (χ4n) is 1.61. The van der Waals surface area contributed by atoms with E-state index in [9.17, 15) is 0 Å². The van der Waals surface area contributed by atoms with E-state index in [1.807, 2.05) is 11.7 Å². The van der Waals surface area contributed by atoms with E-state index in [0.717, 1.165) is 6.42 Å². The van der Waals surface area contributed by atoms with Gasteiger partial charge >= 0.3 is 0 Å². The Labute approximate surface area is 100 Å². The van der Waals surface area contributed by atoms with Crippen LogP contribution in [0.1, 0.15) is 59.4 Å². The van der Waals surface area contributed by atoms with Gasteiger partial charge in [-0.25, -0.2) is 0 Å². The quantitative estimate of drug-likeness (QED) is 0.746. The van der Waals surface area contributed by atoms with E-state index in [0.29, 0.717) is 5.41 Å². The molecular formula is C14H26N2. The molecule has 0 fully saturated rings. The highest BCUT2D eigenvalue weighted by Gasteiger charge is 2.19. The molecule has 0 atom stereocenters. The fraction of sp³-hybridized carbons (Fsp3) is 0.786. The van der Waals surface area contributed by atoms with Gasteiger partial charge in [-0.3, -0.25) is 4.68 Å². The van der Waals surface area contributed by atoms with Crippen LogP contribution in [0, 0.1) is 5.41 Å². The molecule has 0 spiro atoms. The normalized spacial score (nSPS) is 13.2. The highest BCUT2D eigenvalue weighted by Crippen LogP contribution is 2.25. The molecule has 0 radical (unpaired) electrons. The van der Waals surface area contributed by atoms with Crippen molar-refractivity contribution in [2.24, 2.45) is 12.5 Å². The molecule has 0 aliphatic heterocycles. The van der Waals surface area contributed by atoms with Crippen LogP contribution in [-0.4, -0.2) is 9.78 Å². The van der Waals surface area contributed by atoms with Crippen molar-refractivity contribution in [2.75, 3.05) is 0 Å². The molecule has 16 heavy (non-hydrogen) atoms. The van der Waals surface area contributed by atoms with Crippen molar-refractivity contribution in [3.63, 3.8) is 0 Å². The summed E-state index contributed by atoms with van der Waals surface area (Å²) in [5.74, 6) is 0. The lowest BCUT2D eigenvalue weighted by atomic mass is 9.89. The first-order valence-electron chi connectivity index (χ1n) is 6.13. The summed E-state index contributed by atoms with van der Waals surface area (Å²) in [7, 11) is 2.05. The van der Waals surface area contributed by atoms with Crippen molar-refractivity contribution in [3.8, 4) is 0 Å². The molecule has 1 rings (SSSR count). The van der Waals surface area contributed by atoms with E-state index in [1.54, 1.807) is 0 Å². The van der Waals surface area contributed by atoms with Crippen molar-refractivity contribution in [2.45, 2.75) is 59.8 Å². The van der Waals surface area contributed by atoms with Gasteiger partial charge in [0.05, 0.1) is 5.69 Å². The van der Waals surface area contributed by atoms with Crippen molar-refractivity contribution in [3.05, 3.63) is 17.5 Å². The smallest absolute Gasteiger partial charge is 0.0680 e. The zero-order chi connectivity index (χ0) is 12.6. The Morgan fingerprint density at radius 1 is 1.12 bits per heavy atom. The minimum Gasteiger partial charge on any atom is -0.272 e. The Morgan fingerprint density at radius 3 is 2.06 bits per heavy atom. The van der Waals surface area contributed by atoms with Gasteiger partial charge in [0.25, 0.3) is 0 Å². The standard InChI is InChI=1S/C14H26N2/c1-13(2,3)9-8-11-10-12(14(4,5)6)15-16(11)7/h10H,8-9H2,1-7H3. The van der Waals surface area contributed by atoms with Crippen molar-refractivity contribution < 1.29 is 0 Å². The summed E-state index contributed by atoms with van der Waals surface area (Å²) in [5, 5.41) is 4.60. The largest absolute Gasteiger partial charge is 0.272 e. The van der Waals surface area contributed by atoms with Gasteiger partial charge < -0.3 is 0 Å². The summed E-state index contributed by atoms with van der Waals surface area (Å²) in [5.41, 5.74) is 3.09. The molecule has 1 aromatic rings. The minimum absolute atomic E-state index is 0.151. The van der Waals surface area contributed by atoms with Crippen LogP contribution in [0.2, 0.25) is 0 Å². The van der Waals surface area contributed by atoms with Gasteiger partial charge in [-0.15, -0.1) is 0 Å². The molecule has 0 aliphatic rings. The summed E-state index contributed by atoms with van der Waals surface area (Å²) in [6.07, 6.45) is 2.32. The summed E-state index contributed by atoms with van der Waals surface area (Å²) in [6.45, 7) is 13.5. The highest BCUT2D eigenvalue weighted by molar-refractivity contribution is 5.17. The Kier molecular flexibility index (Phi) is 3.51. The third kappa shape index (κ3) is 3.66. The molecule has 1 aromatic heterocycles. The summed E-state index contributed by atoms with van der Waals surface area (Å²) in [4.78, 5) is 0. The second kappa shape index (κ2) is 4.23. The molecule has 0 saturated heterocycles. The lowest BCUT2D eigenvalue weighted by Gasteiger charge is -2.17. The van der Waals surface area contributed by atoms with Crippen molar-refractivity contribution in [1.29, 1.82) is 0 Å². The van der Waals surface area contributed by atoms with Crippen LogP contribution in [0.25, 0.3) is 0 Å². The van der Waals surface area contributed by atoms with Crippen molar-refractivity contribution >= 4 is 0 Å². The highest BCUT2D eigenvalue weighted by atomic mass is 15.3. The second-order valence-electron chi connectivity index (χ2n) is 6.96. The first kappa shape index (κ1) is 13.3. The first-order chi connectivity index (χ1) is 7.09. The molecule has 0 unspecified atom stereocenters. The van der Waals surface area contributed by atoms with Crippen LogP contribution in [0.5, 0.6) is 0 Å². The zero-order valence-electron chi connectivity index (χ0n) is 11.9. The SMILES string of the molecule is Cn1nc(C(C)(C)C)cc1CCC(C)(C)C. The van der Waals surface area contributed by atoms with E-state index >= 15 is 0 Å². The van der Waals surface area contributed by atoms with Gasteiger partial charge in [0.2, 0.25) is 0 Å². The van der Waals surface area contributed by atoms with Gasteiger partial charge in [0, 0.05) is 18.2 Å². The van der Waals surface area contributed by atoms with Gasteiger partial charge in [0.15, 0.2) is 0 Å². The average molecular weight is 222 g/mol. The second-order valence-corrected chi connectivity index (χ2v) is 6.96. The molecule has 0 aliphatic carbocycles. The van der Waals surface area contributed by atoms with Crippen LogP contribution >= 0.6 is 0 Å². The van der Waals surface area contributed by atoms with E-state index < -0.39 is 0 Å². The van der Waals surface area contributed by atoms with E-state index in [4.69, 9.17) is 0 Å². The summed E-state index contributed by atoms with van der Waals surface area (Å²) < 4.78 is 2.03. The van der Waals surface area contributed by atoms with Gasteiger partial charge in [-0.2, -0.15) is 5.10 Å². The number of aryl methyl sites for hydroxylation is 2. The maximum absolute atomic E-state index is 4.60. The molecule has 0 saturated carbocycles. The van der Waals surface area contributed by atoms with Gasteiger partial charge in [-0.05, 0) is 24.3 Å². The Hall–Kier alpha value is -0.790. The molecule has 0 N–H and O–H groups in total. The Balaban J connectivity index is 2.79. The van der Waals surface area contributed by atoms with Crippen LogP contribution in [0.4, 0.5) is 0 Å². The Bertz CT molecular complexity index is 348. The molecule has 0 amide bonds. The minimum atomic E-state index is 0.151. The third-order valence-electron chi connectivity index (χ3n) is 2.88. The van der Waals surface area contributed by atoms with Crippen LogP contribution < -0.4 is 0 Å². The topological polar surface area (TPSA) is 17.8 Å². The fourth-order valence-corrected chi connectivity index (χ4v) is 1.61. The number of hydrogen-bond donors (Lipinski definition) is 0. The molecule has 92 valence electrons. The number of aromatic nitrogens is 2. The van der Waals surface area contributed by atoms with Gasteiger partial charge in [-0.1, -0.05) is 41.5 Å². The summed E-state index contributed by atoms with van der Waals surface area (Å²) >= 11 is 0. The van der Waals surface area contributed by atoms with Crippen LogP contribution in [-0.2, 0) is 18.9 Å². The average Bonchev–Trinajstić information content (AvgIpc) is 2.41. The molecule has 2 heteroatoms. The predicted molar refractivity (Wildman–Crippen MR) is 69.7 cm³/mol.